The predicted molar refractivity (Wildman–Crippen MR) is 109 cm³/mol. The zero-order valence-electron chi connectivity index (χ0n) is 16.7. The first-order valence-corrected chi connectivity index (χ1v) is 9.96. The Kier molecular flexibility index (Phi) is 4.45. The first-order chi connectivity index (χ1) is 14.8. The predicted octanol–water partition coefficient (Wildman–Crippen LogP) is 3.65. The number of halogens is 3. The molecule has 0 aliphatic carbocycles. The largest absolute Gasteiger partial charge is 0.406 e. The van der Waals surface area contributed by atoms with Crippen molar-refractivity contribution in [3.05, 3.63) is 64.6 Å². The van der Waals surface area contributed by atoms with E-state index in [9.17, 15) is 18.0 Å². The second kappa shape index (κ2) is 7.07. The van der Waals surface area contributed by atoms with Crippen molar-refractivity contribution in [1.29, 1.82) is 0 Å². The molecule has 31 heavy (non-hydrogen) atoms. The third kappa shape index (κ3) is 3.41. The second-order valence-electron chi connectivity index (χ2n) is 7.71. The van der Waals surface area contributed by atoms with Gasteiger partial charge in [-0.1, -0.05) is 12.1 Å². The Balaban J connectivity index is 1.70. The summed E-state index contributed by atoms with van der Waals surface area (Å²) in [5, 5.41) is 4.57. The lowest BCUT2D eigenvalue weighted by atomic mass is 10.1. The summed E-state index contributed by atoms with van der Waals surface area (Å²) in [5.41, 5.74) is 1.27. The van der Waals surface area contributed by atoms with Crippen LogP contribution in [0.15, 0.2) is 47.5 Å². The van der Waals surface area contributed by atoms with E-state index in [-0.39, 0.29) is 11.2 Å². The molecule has 1 aliphatic rings. The lowest BCUT2D eigenvalue weighted by molar-refractivity contribution is -0.141. The van der Waals surface area contributed by atoms with Gasteiger partial charge in [0.15, 0.2) is 5.82 Å². The topological polar surface area (TPSA) is 68.3 Å². The molecule has 10 heteroatoms. The normalized spacial score (nSPS) is 17.2. The highest BCUT2D eigenvalue weighted by molar-refractivity contribution is 5.77. The van der Waals surface area contributed by atoms with Crippen molar-refractivity contribution in [3.8, 4) is 0 Å². The van der Waals surface area contributed by atoms with Gasteiger partial charge in [0, 0.05) is 18.9 Å². The minimum atomic E-state index is -4.55. The van der Waals surface area contributed by atoms with Crippen LogP contribution in [-0.2, 0) is 6.54 Å². The molecule has 1 aliphatic heterocycles. The molecule has 3 aromatic heterocycles. The molecule has 1 fully saturated rings. The Bertz CT molecular complexity index is 1340. The quantitative estimate of drug-likeness (QED) is 0.498. The van der Waals surface area contributed by atoms with Crippen molar-refractivity contribution >= 4 is 22.2 Å². The molecule has 0 spiro atoms. The molecule has 1 unspecified atom stereocenters. The molecular formula is C21H19F3N6O. The van der Waals surface area contributed by atoms with E-state index in [1.54, 1.807) is 35.1 Å². The summed E-state index contributed by atoms with van der Waals surface area (Å²) in [7, 11) is 0. The van der Waals surface area contributed by atoms with E-state index in [1.165, 1.54) is 6.07 Å². The summed E-state index contributed by atoms with van der Waals surface area (Å²) < 4.78 is 42.7. The van der Waals surface area contributed by atoms with Gasteiger partial charge in [-0.2, -0.15) is 18.3 Å². The summed E-state index contributed by atoms with van der Waals surface area (Å²) in [6.07, 6.45) is 0.103. The third-order valence-corrected chi connectivity index (χ3v) is 5.54. The molecule has 1 aromatic carbocycles. The van der Waals surface area contributed by atoms with Crippen LogP contribution in [0.5, 0.6) is 0 Å². The number of fused-ring (bicyclic) bond motifs is 2. The van der Waals surface area contributed by atoms with Crippen LogP contribution >= 0.6 is 0 Å². The lowest BCUT2D eigenvalue weighted by Gasteiger charge is -2.28. The summed E-state index contributed by atoms with van der Waals surface area (Å²) in [6, 6.07) is 7.87. The number of alkyl halides is 3. The van der Waals surface area contributed by atoms with Crippen LogP contribution in [0.2, 0.25) is 0 Å². The molecule has 0 amide bonds. The average molecular weight is 428 g/mol. The molecule has 7 nitrogen and oxygen atoms in total. The molecule has 4 aromatic rings. The smallest absolute Gasteiger partial charge is 0.345 e. The molecule has 0 N–H and O–H groups in total. The van der Waals surface area contributed by atoms with Gasteiger partial charge < -0.3 is 4.90 Å². The van der Waals surface area contributed by atoms with E-state index in [1.807, 2.05) is 17.9 Å². The maximum Gasteiger partial charge on any atom is 0.406 e. The molecular weight excluding hydrogens is 409 g/mol. The van der Waals surface area contributed by atoms with Crippen LogP contribution in [-0.4, -0.2) is 36.9 Å². The standard InChI is InChI=1S/C21H19F3N6O/c1-13-11-17-18(25-8-10-30(17)27-13)28-9-4-7-16(28)19-26-15-6-3-2-5-14(15)20(31)29(19)12-21(22,23)24/h2-3,5-6,8,10-11,16H,4,7,9,12H2,1H3. The Morgan fingerprint density at radius 3 is 2.84 bits per heavy atom. The van der Waals surface area contributed by atoms with Gasteiger partial charge in [-0.3, -0.25) is 9.36 Å². The van der Waals surface area contributed by atoms with E-state index < -0.39 is 24.3 Å². The number of nitrogens with zero attached hydrogens (tertiary/aromatic N) is 6. The monoisotopic (exact) mass is 428 g/mol. The van der Waals surface area contributed by atoms with Crippen molar-refractivity contribution in [1.82, 2.24) is 24.1 Å². The summed E-state index contributed by atoms with van der Waals surface area (Å²) >= 11 is 0. The van der Waals surface area contributed by atoms with E-state index in [0.717, 1.165) is 22.2 Å². The molecule has 1 saturated heterocycles. The average Bonchev–Trinajstić information content (AvgIpc) is 3.34. The summed E-state index contributed by atoms with van der Waals surface area (Å²) in [4.78, 5) is 24.0. The molecule has 160 valence electrons. The second-order valence-corrected chi connectivity index (χ2v) is 7.71. The van der Waals surface area contributed by atoms with Crippen molar-refractivity contribution in [2.45, 2.75) is 38.5 Å². The number of hydrogen-bond acceptors (Lipinski definition) is 5. The van der Waals surface area contributed by atoms with Crippen LogP contribution < -0.4 is 10.5 Å². The Morgan fingerprint density at radius 2 is 2.03 bits per heavy atom. The number of para-hydroxylation sites is 1. The Hall–Kier alpha value is -3.43. The number of aryl methyl sites for hydroxylation is 1. The van der Waals surface area contributed by atoms with Crippen LogP contribution in [0.4, 0.5) is 19.0 Å². The fourth-order valence-electron chi connectivity index (χ4n) is 4.31. The highest BCUT2D eigenvalue weighted by Gasteiger charge is 2.36. The van der Waals surface area contributed by atoms with Crippen LogP contribution in [0, 0.1) is 6.92 Å². The fraction of sp³-hybridized carbons (Fsp3) is 0.333. The van der Waals surface area contributed by atoms with E-state index in [4.69, 9.17) is 0 Å². The molecule has 0 bridgehead atoms. The Morgan fingerprint density at radius 1 is 1.23 bits per heavy atom. The first kappa shape index (κ1) is 19.5. The van der Waals surface area contributed by atoms with Gasteiger partial charge in [0.25, 0.3) is 5.56 Å². The van der Waals surface area contributed by atoms with Gasteiger partial charge >= 0.3 is 6.18 Å². The number of anilines is 1. The van der Waals surface area contributed by atoms with Gasteiger partial charge in [-0.25, -0.2) is 14.5 Å². The van der Waals surface area contributed by atoms with Gasteiger partial charge in [0.2, 0.25) is 0 Å². The van der Waals surface area contributed by atoms with E-state index in [2.05, 4.69) is 15.1 Å². The van der Waals surface area contributed by atoms with E-state index >= 15 is 0 Å². The van der Waals surface area contributed by atoms with Gasteiger partial charge in [-0.05, 0) is 38.0 Å². The molecule has 0 saturated carbocycles. The fourth-order valence-corrected chi connectivity index (χ4v) is 4.31. The van der Waals surface area contributed by atoms with Crippen molar-refractivity contribution in [3.63, 3.8) is 0 Å². The highest BCUT2D eigenvalue weighted by atomic mass is 19.4. The number of rotatable bonds is 3. The minimum Gasteiger partial charge on any atom is -0.345 e. The molecule has 4 heterocycles. The zero-order chi connectivity index (χ0) is 21.8. The van der Waals surface area contributed by atoms with Crippen LogP contribution in [0.3, 0.4) is 0 Å². The minimum absolute atomic E-state index is 0.110. The van der Waals surface area contributed by atoms with Crippen LogP contribution in [0.25, 0.3) is 16.4 Å². The molecule has 0 radical (unpaired) electrons. The zero-order valence-corrected chi connectivity index (χ0v) is 16.7. The molecule has 1 atom stereocenters. The third-order valence-electron chi connectivity index (χ3n) is 5.54. The highest BCUT2D eigenvalue weighted by Crippen LogP contribution is 2.37. The summed E-state index contributed by atoms with van der Waals surface area (Å²) in [6.45, 7) is 1.08. The molecule has 5 rings (SSSR count). The maximum atomic E-state index is 13.4. The van der Waals surface area contributed by atoms with Crippen molar-refractivity contribution in [2.24, 2.45) is 0 Å². The van der Waals surface area contributed by atoms with E-state index in [0.29, 0.717) is 24.3 Å². The van der Waals surface area contributed by atoms with Gasteiger partial charge in [-0.15, -0.1) is 0 Å². The maximum absolute atomic E-state index is 13.4. The van der Waals surface area contributed by atoms with Gasteiger partial charge in [0.05, 0.1) is 22.6 Å². The van der Waals surface area contributed by atoms with Crippen molar-refractivity contribution < 1.29 is 13.2 Å². The lowest BCUT2D eigenvalue weighted by Crippen LogP contribution is -2.36. The summed E-state index contributed by atoms with van der Waals surface area (Å²) in [5.74, 6) is 0.727. The number of hydrogen-bond donors (Lipinski definition) is 0. The first-order valence-electron chi connectivity index (χ1n) is 9.96. The van der Waals surface area contributed by atoms with Crippen LogP contribution in [0.1, 0.15) is 30.4 Å². The number of aromatic nitrogens is 5. The number of benzene rings is 1. The van der Waals surface area contributed by atoms with Crippen molar-refractivity contribution in [2.75, 3.05) is 11.4 Å². The SMILES string of the molecule is Cc1cc2c(N3CCCC3c3nc4ccccc4c(=O)n3CC(F)(F)F)nccn2n1. The Labute approximate surface area is 174 Å². The van der Waals surface area contributed by atoms with Gasteiger partial charge in [0.1, 0.15) is 17.9 Å².